The lowest BCUT2D eigenvalue weighted by Gasteiger charge is -2.50. The van der Waals surface area contributed by atoms with Crippen molar-refractivity contribution in [2.24, 2.45) is 23.2 Å². The highest BCUT2D eigenvalue weighted by Crippen LogP contribution is 2.59. The van der Waals surface area contributed by atoms with Crippen LogP contribution in [0.2, 0.25) is 18.1 Å². The number of carbonyl (C=O) groups is 1. The van der Waals surface area contributed by atoms with Gasteiger partial charge in [0, 0.05) is 12.5 Å². The summed E-state index contributed by atoms with van der Waals surface area (Å²) >= 11 is 0. The molecule has 7 atom stereocenters. The summed E-state index contributed by atoms with van der Waals surface area (Å²) in [5.74, 6) is 1.69. The summed E-state index contributed by atoms with van der Waals surface area (Å²) in [6, 6.07) is 0. The lowest BCUT2D eigenvalue weighted by Crippen LogP contribution is -2.50. The van der Waals surface area contributed by atoms with Gasteiger partial charge in [-0.2, -0.15) is 0 Å². The third-order valence-corrected chi connectivity index (χ3v) is 14.1. The van der Waals surface area contributed by atoms with Crippen molar-refractivity contribution in [2.75, 3.05) is 0 Å². The molecular formula is C26H48O4Si. The fourth-order valence-corrected chi connectivity index (χ4v) is 8.06. The molecule has 0 unspecified atom stereocenters. The average Bonchev–Trinajstić information content (AvgIpc) is 3.10. The van der Waals surface area contributed by atoms with Gasteiger partial charge >= 0.3 is 5.97 Å². The van der Waals surface area contributed by atoms with Gasteiger partial charge in [0.2, 0.25) is 0 Å². The SMILES string of the molecule is C[C@H](CCC[C@H]1C[C@](C)(O)C(=O)O1)[C@H]1CC[C@H]2[C@@H](O[Si](C)(C)C(C)(C)C)CCC[C@]12C. The van der Waals surface area contributed by atoms with Crippen molar-refractivity contribution in [3.05, 3.63) is 0 Å². The quantitative estimate of drug-likeness (QED) is 0.355. The zero-order valence-electron chi connectivity index (χ0n) is 21.4. The summed E-state index contributed by atoms with van der Waals surface area (Å²) in [7, 11) is -1.75. The van der Waals surface area contributed by atoms with E-state index in [1.165, 1.54) is 38.5 Å². The second-order valence-electron chi connectivity index (χ2n) is 13.0. The molecule has 1 aliphatic heterocycles. The van der Waals surface area contributed by atoms with Gasteiger partial charge in [-0.05, 0) is 86.7 Å². The Morgan fingerprint density at radius 3 is 2.48 bits per heavy atom. The van der Waals surface area contributed by atoms with Gasteiger partial charge in [-0.3, -0.25) is 0 Å². The summed E-state index contributed by atoms with van der Waals surface area (Å²) < 4.78 is 12.4. The lowest BCUT2D eigenvalue weighted by atomic mass is 9.61. The summed E-state index contributed by atoms with van der Waals surface area (Å²) in [6.45, 7) is 18.4. The van der Waals surface area contributed by atoms with E-state index in [0.29, 0.717) is 29.8 Å². The van der Waals surface area contributed by atoms with E-state index in [2.05, 4.69) is 47.7 Å². The van der Waals surface area contributed by atoms with Crippen LogP contribution in [0.1, 0.15) is 99.3 Å². The minimum Gasteiger partial charge on any atom is -0.460 e. The van der Waals surface area contributed by atoms with Crippen molar-refractivity contribution in [2.45, 2.75) is 135 Å². The lowest BCUT2D eigenvalue weighted by molar-refractivity contribution is -0.153. The number of aliphatic hydroxyl groups is 1. The Morgan fingerprint density at radius 2 is 1.90 bits per heavy atom. The molecule has 0 amide bonds. The molecule has 3 rings (SSSR count). The van der Waals surface area contributed by atoms with Crippen molar-refractivity contribution in [1.29, 1.82) is 0 Å². The molecule has 5 heteroatoms. The van der Waals surface area contributed by atoms with Gasteiger partial charge in [-0.15, -0.1) is 0 Å². The van der Waals surface area contributed by atoms with Crippen molar-refractivity contribution in [1.82, 2.24) is 0 Å². The van der Waals surface area contributed by atoms with Crippen LogP contribution in [0.3, 0.4) is 0 Å². The van der Waals surface area contributed by atoms with Crippen LogP contribution in [0.5, 0.6) is 0 Å². The van der Waals surface area contributed by atoms with Crippen LogP contribution >= 0.6 is 0 Å². The summed E-state index contributed by atoms with van der Waals surface area (Å²) in [4.78, 5) is 11.7. The first-order valence-electron chi connectivity index (χ1n) is 12.8. The van der Waals surface area contributed by atoms with E-state index in [-0.39, 0.29) is 11.1 Å². The second-order valence-corrected chi connectivity index (χ2v) is 17.8. The number of carbonyl (C=O) groups excluding carboxylic acids is 1. The Balaban J connectivity index is 1.57. The van der Waals surface area contributed by atoms with E-state index < -0.39 is 19.9 Å². The molecule has 2 saturated carbocycles. The van der Waals surface area contributed by atoms with Gasteiger partial charge in [0.05, 0.1) is 0 Å². The Hall–Kier alpha value is -0.393. The van der Waals surface area contributed by atoms with Crippen LogP contribution in [0.4, 0.5) is 0 Å². The van der Waals surface area contributed by atoms with Crippen LogP contribution in [-0.2, 0) is 14.0 Å². The number of ether oxygens (including phenoxy) is 1. The maximum Gasteiger partial charge on any atom is 0.338 e. The molecule has 0 aromatic heterocycles. The van der Waals surface area contributed by atoms with Gasteiger partial charge in [0.15, 0.2) is 13.9 Å². The first kappa shape index (κ1) is 25.2. The van der Waals surface area contributed by atoms with E-state index in [0.717, 1.165) is 18.8 Å². The van der Waals surface area contributed by atoms with Crippen LogP contribution in [-0.4, -0.2) is 37.2 Å². The van der Waals surface area contributed by atoms with Crippen molar-refractivity contribution < 1.29 is 19.1 Å². The number of fused-ring (bicyclic) bond motifs is 1. The highest BCUT2D eigenvalue weighted by molar-refractivity contribution is 6.74. The Kier molecular flexibility index (Phi) is 7.13. The Bertz CT molecular complexity index is 652. The van der Waals surface area contributed by atoms with E-state index in [1.54, 1.807) is 6.92 Å². The predicted octanol–water partition coefficient (Wildman–Crippen LogP) is 6.47. The minimum absolute atomic E-state index is 0.112. The third kappa shape index (κ3) is 5.09. The zero-order valence-corrected chi connectivity index (χ0v) is 22.4. The van der Waals surface area contributed by atoms with Crippen LogP contribution in [0, 0.1) is 23.2 Å². The molecule has 3 fully saturated rings. The third-order valence-electron chi connectivity index (χ3n) is 9.60. The van der Waals surface area contributed by atoms with Gasteiger partial charge < -0.3 is 14.3 Å². The molecule has 0 aromatic carbocycles. The number of hydrogen-bond donors (Lipinski definition) is 1. The van der Waals surface area contributed by atoms with E-state index in [4.69, 9.17) is 9.16 Å². The van der Waals surface area contributed by atoms with Gasteiger partial charge in [0.1, 0.15) is 6.10 Å². The van der Waals surface area contributed by atoms with Gasteiger partial charge in [0.25, 0.3) is 0 Å². The monoisotopic (exact) mass is 452 g/mol. The first-order valence-corrected chi connectivity index (χ1v) is 15.7. The smallest absolute Gasteiger partial charge is 0.338 e. The number of esters is 1. The molecule has 2 aliphatic carbocycles. The molecular weight excluding hydrogens is 404 g/mol. The topological polar surface area (TPSA) is 55.8 Å². The van der Waals surface area contributed by atoms with Crippen molar-refractivity contribution >= 4 is 14.3 Å². The van der Waals surface area contributed by atoms with Gasteiger partial charge in [-0.1, -0.05) is 47.5 Å². The second kappa shape index (κ2) is 8.75. The molecule has 1 saturated heterocycles. The average molecular weight is 453 g/mol. The molecule has 3 aliphatic rings. The molecule has 31 heavy (non-hydrogen) atoms. The van der Waals surface area contributed by atoms with E-state index in [9.17, 15) is 9.90 Å². The molecule has 4 nitrogen and oxygen atoms in total. The molecule has 0 aromatic rings. The van der Waals surface area contributed by atoms with Crippen molar-refractivity contribution in [3.8, 4) is 0 Å². The summed E-state index contributed by atoms with van der Waals surface area (Å²) in [5, 5.41) is 10.3. The molecule has 0 bridgehead atoms. The number of cyclic esters (lactones) is 1. The molecule has 180 valence electrons. The maximum atomic E-state index is 11.7. The molecule has 1 N–H and O–H groups in total. The molecule has 1 heterocycles. The summed E-state index contributed by atoms with van der Waals surface area (Å²) in [5.41, 5.74) is -0.891. The van der Waals surface area contributed by atoms with E-state index in [1.807, 2.05) is 0 Å². The standard InChI is InChI=1S/C26H48O4Si/c1-18(11-9-12-19-17-26(6,28)23(27)29-19)20-14-15-21-22(13-10-16-25(20,21)5)30-31(7,8)24(2,3)4/h18-22,28H,9-17H2,1-8H3/t18-,19+,20-,21+,22+,25-,26+/m1/s1. The van der Waals surface area contributed by atoms with Crippen LogP contribution in [0.15, 0.2) is 0 Å². The largest absolute Gasteiger partial charge is 0.460 e. The van der Waals surface area contributed by atoms with E-state index >= 15 is 0 Å². The minimum atomic E-state index is -1.75. The van der Waals surface area contributed by atoms with Gasteiger partial charge in [-0.25, -0.2) is 4.79 Å². The first-order chi connectivity index (χ1) is 14.2. The van der Waals surface area contributed by atoms with Crippen molar-refractivity contribution in [3.63, 3.8) is 0 Å². The van der Waals surface area contributed by atoms with Crippen LogP contribution in [0.25, 0.3) is 0 Å². The fourth-order valence-electron chi connectivity index (χ4n) is 6.67. The zero-order chi connectivity index (χ0) is 23.2. The number of rotatable bonds is 7. The predicted molar refractivity (Wildman–Crippen MR) is 128 cm³/mol. The van der Waals surface area contributed by atoms with Crippen LogP contribution < -0.4 is 0 Å². The number of hydrogen-bond acceptors (Lipinski definition) is 4. The Morgan fingerprint density at radius 1 is 1.23 bits per heavy atom. The maximum absolute atomic E-state index is 11.7. The fraction of sp³-hybridized carbons (Fsp3) is 0.962. The summed E-state index contributed by atoms with van der Waals surface area (Å²) in [6.07, 6.45) is 10.4. The highest BCUT2D eigenvalue weighted by atomic mass is 28.4. The molecule has 0 radical (unpaired) electrons. The Labute approximate surface area is 192 Å². The molecule has 0 spiro atoms. The highest BCUT2D eigenvalue weighted by Gasteiger charge is 2.54. The normalized spacial score (nSPS) is 40.0.